The van der Waals surface area contributed by atoms with E-state index in [1.807, 2.05) is 32.3 Å². The van der Waals surface area contributed by atoms with Crippen molar-refractivity contribution in [3.8, 4) is 5.75 Å². The third-order valence-electron chi connectivity index (χ3n) is 3.89. The Morgan fingerprint density at radius 3 is 2.67 bits per heavy atom. The van der Waals surface area contributed by atoms with Crippen molar-refractivity contribution >= 4 is 33.2 Å². The molecule has 1 saturated heterocycles. The summed E-state index contributed by atoms with van der Waals surface area (Å²) in [5.41, 5.74) is 2.29. The summed E-state index contributed by atoms with van der Waals surface area (Å²) in [6.45, 7) is 1.24. The minimum atomic E-state index is -0.0940. The molecule has 3 rings (SSSR count). The van der Waals surface area contributed by atoms with Crippen molar-refractivity contribution in [2.75, 3.05) is 32.1 Å². The van der Waals surface area contributed by atoms with Gasteiger partial charge in [-0.25, -0.2) is 0 Å². The van der Waals surface area contributed by atoms with E-state index in [1.165, 1.54) is 5.69 Å². The Morgan fingerprint density at radius 2 is 2.00 bits per heavy atom. The Hall–Kier alpha value is -1.27. The molecule has 24 heavy (non-hydrogen) atoms. The van der Waals surface area contributed by atoms with E-state index in [-0.39, 0.29) is 12.3 Å². The molecule has 1 N–H and O–H groups in total. The molecule has 0 aliphatic carbocycles. The van der Waals surface area contributed by atoms with Gasteiger partial charge >= 0.3 is 0 Å². The van der Waals surface area contributed by atoms with Crippen LogP contribution in [0.3, 0.4) is 0 Å². The first kappa shape index (κ1) is 17.5. The lowest BCUT2D eigenvalue weighted by Crippen LogP contribution is -2.22. The molecule has 1 aliphatic heterocycles. The molecule has 1 heterocycles. The average Bonchev–Trinajstić information content (AvgIpc) is 3.03. The fraction of sp³-hybridized carbons (Fsp3) is 0.333. The van der Waals surface area contributed by atoms with Crippen molar-refractivity contribution in [2.45, 2.75) is 12.3 Å². The maximum absolute atomic E-state index is 6.04. The summed E-state index contributed by atoms with van der Waals surface area (Å²) in [6, 6.07) is 13.8. The highest BCUT2D eigenvalue weighted by molar-refractivity contribution is 9.10. The zero-order chi connectivity index (χ0) is 17.1. The summed E-state index contributed by atoms with van der Waals surface area (Å²) in [4.78, 5) is 2.08. The quantitative estimate of drug-likeness (QED) is 0.798. The number of hydrogen-bond donors (Lipinski definition) is 1. The van der Waals surface area contributed by atoms with Crippen LogP contribution in [0.5, 0.6) is 5.75 Å². The molecule has 0 amide bonds. The number of nitrogens with zero attached hydrogens (tertiary/aromatic N) is 1. The van der Waals surface area contributed by atoms with Crippen molar-refractivity contribution in [3.63, 3.8) is 0 Å². The lowest BCUT2D eigenvalue weighted by molar-refractivity contribution is 0.0157. The van der Waals surface area contributed by atoms with E-state index in [0.717, 1.165) is 22.3 Å². The van der Waals surface area contributed by atoms with Crippen LogP contribution in [-0.2, 0) is 4.74 Å². The molecule has 2 atom stereocenters. The third-order valence-corrected chi connectivity index (χ3v) is 4.75. The molecule has 0 unspecified atom stereocenters. The third kappa shape index (κ3) is 4.22. The summed E-state index contributed by atoms with van der Waals surface area (Å²) in [5.74, 6) is 0.766. The topological polar surface area (TPSA) is 33.7 Å². The van der Waals surface area contributed by atoms with Gasteiger partial charge in [0.1, 0.15) is 24.7 Å². The van der Waals surface area contributed by atoms with Gasteiger partial charge in [-0.1, -0.05) is 23.7 Å². The number of anilines is 1. The zero-order valence-electron chi connectivity index (χ0n) is 13.6. The smallest absolute Gasteiger partial charge is 0.135 e. The SMILES string of the molecule is CN(C)c1ccc([C@H]2NC[C@H](COc3ccc(Cl)cc3Br)O2)cc1. The van der Waals surface area contributed by atoms with Crippen molar-refractivity contribution in [1.29, 1.82) is 0 Å². The van der Waals surface area contributed by atoms with E-state index in [9.17, 15) is 0 Å². The van der Waals surface area contributed by atoms with E-state index < -0.39 is 0 Å². The van der Waals surface area contributed by atoms with Crippen LogP contribution in [0.2, 0.25) is 5.02 Å². The Morgan fingerprint density at radius 1 is 1.25 bits per heavy atom. The molecule has 4 nitrogen and oxygen atoms in total. The summed E-state index contributed by atoms with van der Waals surface area (Å²) < 4.78 is 12.7. The van der Waals surface area contributed by atoms with Gasteiger partial charge in [-0.05, 0) is 51.8 Å². The molecule has 2 aromatic carbocycles. The van der Waals surface area contributed by atoms with Crippen LogP contribution in [0, 0.1) is 0 Å². The van der Waals surface area contributed by atoms with E-state index in [1.54, 1.807) is 0 Å². The van der Waals surface area contributed by atoms with Crippen molar-refractivity contribution < 1.29 is 9.47 Å². The zero-order valence-corrected chi connectivity index (χ0v) is 16.0. The van der Waals surface area contributed by atoms with Crippen LogP contribution < -0.4 is 15.0 Å². The van der Waals surface area contributed by atoms with Gasteiger partial charge in [-0.3, -0.25) is 5.32 Å². The molecular formula is C18H20BrClN2O2. The standard InChI is InChI=1S/C18H20BrClN2O2/c1-22(2)14-6-3-12(4-7-14)18-21-10-15(24-18)11-23-17-8-5-13(20)9-16(17)19/h3-9,15,18,21H,10-11H2,1-2H3/t15-,18+/m1/s1. The second-order valence-corrected chi connectivity index (χ2v) is 7.21. The van der Waals surface area contributed by atoms with Crippen LogP contribution in [-0.4, -0.2) is 33.4 Å². The number of rotatable bonds is 5. The number of hydrogen-bond acceptors (Lipinski definition) is 4. The van der Waals surface area contributed by atoms with Crippen LogP contribution in [0.25, 0.3) is 0 Å². The fourth-order valence-corrected chi connectivity index (χ4v) is 3.34. The first-order valence-corrected chi connectivity index (χ1v) is 8.94. The second-order valence-electron chi connectivity index (χ2n) is 5.92. The molecule has 0 saturated carbocycles. The van der Waals surface area contributed by atoms with Gasteiger partial charge in [0.05, 0.1) is 4.47 Å². The van der Waals surface area contributed by atoms with Gasteiger partial charge < -0.3 is 14.4 Å². The Kier molecular flexibility index (Phi) is 5.66. The van der Waals surface area contributed by atoms with Crippen molar-refractivity contribution in [3.05, 3.63) is 57.5 Å². The van der Waals surface area contributed by atoms with Crippen LogP contribution in [0.15, 0.2) is 46.9 Å². The van der Waals surface area contributed by atoms with Gasteiger partial charge in [-0.2, -0.15) is 0 Å². The van der Waals surface area contributed by atoms with Crippen molar-refractivity contribution in [2.24, 2.45) is 0 Å². The monoisotopic (exact) mass is 410 g/mol. The highest BCUT2D eigenvalue weighted by atomic mass is 79.9. The van der Waals surface area contributed by atoms with Crippen LogP contribution in [0.4, 0.5) is 5.69 Å². The Bertz CT molecular complexity index is 694. The molecule has 128 valence electrons. The molecule has 6 heteroatoms. The summed E-state index contributed by atoms with van der Waals surface area (Å²) in [5, 5.41) is 4.06. The Balaban J connectivity index is 1.55. The largest absolute Gasteiger partial charge is 0.490 e. The minimum absolute atomic E-state index is 0.00565. The molecule has 1 aliphatic rings. The Labute approximate surface area is 155 Å². The molecule has 0 aromatic heterocycles. The molecular weight excluding hydrogens is 392 g/mol. The highest BCUT2D eigenvalue weighted by Crippen LogP contribution is 2.29. The van der Waals surface area contributed by atoms with Gasteiger partial charge in [0.15, 0.2) is 0 Å². The van der Waals surface area contributed by atoms with Gasteiger partial charge in [0.25, 0.3) is 0 Å². The van der Waals surface area contributed by atoms with Crippen LogP contribution >= 0.6 is 27.5 Å². The summed E-state index contributed by atoms with van der Waals surface area (Å²) >= 11 is 9.39. The molecule has 0 spiro atoms. The van der Waals surface area contributed by atoms with Crippen LogP contribution in [0.1, 0.15) is 11.8 Å². The van der Waals surface area contributed by atoms with E-state index >= 15 is 0 Å². The predicted molar refractivity (Wildman–Crippen MR) is 101 cm³/mol. The van der Waals surface area contributed by atoms with E-state index in [4.69, 9.17) is 21.1 Å². The number of halogens is 2. The first-order chi connectivity index (χ1) is 11.5. The molecule has 2 aromatic rings. The number of benzene rings is 2. The predicted octanol–water partition coefficient (Wildman–Crippen LogP) is 4.23. The first-order valence-electron chi connectivity index (χ1n) is 7.77. The second kappa shape index (κ2) is 7.74. The average molecular weight is 412 g/mol. The normalized spacial score (nSPS) is 20.2. The maximum atomic E-state index is 6.04. The van der Waals surface area contributed by atoms with E-state index in [0.29, 0.717) is 11.6 Å². The summed E-state index contributed by atoms with van der Waals surface area (Å²) in [6.07, 6.45) is -0.0884. The van der Waals surface area contributed by atoms with Gasteiger partial charge in [0, 0.05) is 31.4 Å². The lowest BCUT2D eigenvalue weighted by atomic mass is 10.2. The van der Waals surface area contributed by atoms with Gasteiger partial charge in [0.2, 0.25) is 0 Å². The minimum Gasteiger partial charge on any atom is -0.490 e. The molecule has 0 bridgehead atoms. The van der Waals surface area contributed by atoms with E-state index in [2.05, 4.69) is 50.4 Å². The lowest BCUT2D eigenvalue weighted by Gasteiger charge is -2.16. The molecule has 0 radical (unpaired) electrons. The maximum Gasteiger partial charge on any atom is 0.135 e. The molecule has 1 fully saturated rings. The number of ether oxygens (including phenoxy) is 2. The fourth-order valence-electron chi connectivity index (χ4n) is 2.54. The van der Waals surface area contributed by atoms with Crippen molar-refractivity contribution in [1.82, 2.24) is 5.32 Å². The highest BCUT2D eigenvalue weighted by Gasteiger charge is 2.26. The summed E-state index contributed by atoms with van der Waals surface area (Å²) in [7, 11) is 4.06. The van der Waals surface area contributed by atoms with Gasteiger partial charge in [-0.15, -0.1) is 0 Å². The number of nitrogens with one attached hydrogen (secondary N) is 1.